The van der Waals surface area contributed by atoms with Gasteiger partial charge in [0.25, 0.3) is 0 Å². The van der Waals surface area contributed by atoms with Crippen LogP contribution in [0.25, 0.3) is 0 Å². The van der Waals surface area contributed by atoms with E-state index in [2.05, 4.69) is 14.9 Å². The topological polar surface area (TPSA) is 37.9 Å². The van der Waals surface area contributed by atoms with Gasteiger partial charge in [-0.1, -0.05) is 13.8 Å². The monoisotopic (exact) mass is 178 g/mol. The van der Waals surface area contributed by atoms with Crippen molar-refractivity contribution in [3.63, 3.8) is 0 Å². The largest absolute Gasteiger partial charge is 0.415 e. The number of nitrogens with zero attached hydrogens (tertiary/aromatic N) is 1. The number of hydrogen-bond donors (Lipinski definition) is 1. The van der Waals surface area contributed by atoms with Gasteiger partial charge in [0.15, 0.2) is 0 Å². The minimum absolute atomic E-state index is 0.0764. The van der Waals surface area contributed by atoms with Crippen molar-refractivity contribution in [2.75, 3.05) is 0 Å². The van der Waals surface area contributed by atoms with Gasteiger partial charge in [-0.15, -0.1) is 5.10 Å². The Hall–Kier alpha value is -1.13. The minimum Gasteiger partial charge on any atom is -0.415 e. The molecule has 3 nitrogen and oxygen atoms in total. The minimum atomic E-state index is -2.80. The van der Waals surface area contributed by atoms with Gasteiger partial charge in [-0.3, -0.25) is 5.10 Å². The van der Waals surface area contributed by atoms with E-state index >= 15 is 0 Å². The number of aromatic nitrogens is 2. The normalized spacial score (nSPS) is 9.17. The third-order valence-corrected chi connectivity index (χ3v) is 0.892. The summed E-state index contributed by atoms with van der Waals surface area (Å²) < 4.78 is 26.9. The highest BCUT2D eigenvalue weighted by atomic mass is 19.3. The molecule has 12 heavy (non-hydrogen) atoms. The first-order valence-corrected chi connectivity index (χ1v) is 3.65. The zero-order chi connectivity index (χ0) is 9.56. The molecule has 1 rings (SSSR count). The number of rotatable bonds is 2. The van der Waals surface area contributed by atoms with E-state index in [1.165, 1.54) is 6.07 Å². The second-order valence-electron chi connectivity index (χ2n) is 1.77. The van der Waals surface area contributed by atoms with E-state index in [9.17, 15) is 8.78 Å². The third-order valence-electron chi connectivity index (χ3n) is 0.892. The molecular weight excluding hydrogens is 166 g/mol. The molecule has 1 N–H and O–H groups in total. The number of ether oxygens (including phenoxy) is 1. The summed E-state index contributed by atoms with van der Waals surface area (Å²) in [6.45, 7) is 2.90. The van der Waals surface area contributed by atoms with Gasteiger partial charge in [0.05, 0.1) is 0 Å². The van der Waals surface area contributed by atoms with Crippen molar-refractivity contribution in [1.29, 1.82) is 0 Å². The molecule has 0 aliphatic rings. The van der Waals surface area contributed by atoms with Crippen LogP contribution in [-0.4, -0.2) is 16.8 Å². The number of H-pyrrole nitrogens is 1. The summed E-state index contributed by atoms with van der Waals surface area (Å²) in [4.78, 5) is 0. The molecular formula is C7H12F2N2O. The van der Waals surface area contributed by atoms with E-state index in [-0.39, 0.29) is 5.88 Å². The third kappa shape index (κ3) is 3.90. The van der Waals surface area contributed by atoms with Gasteiger partial charge >= 0.3 is 6.61 Å². The van der Waals surface area contributed by atoms with E-state index < -0.39 is 6.61 Å². The second-order valence-corrected chi connectivity index (χ2v) is 1.77. The van der Waals surface area contributed by atoms with Gasteiger partial charge in [-0.25, -0.2) is 0 Å². The van der Waals surface area contributed by atoms with Crippen LogP contribution >= 0.6 is 0 Å². The number of nitrogens with one attached hydrogen (secondary N) is 1. The molecule has 0 fully saturated rings. The molecule has 0 amide bonds. The van der Waals surface area contributed by atoms with Crippen molar-refractivity contribution in [2.24, 2.45) is 0 Å². The van der Waals surface area contributed by atoms with Crippen LogP contribution < -0.4 is 4.74 Å². The fourth-order valence-corrected chi connectivity index (χ4v) is 0.545. The molecule has 1 aromatic rings. The Morgan fingerprint density at radius 1 is 1.50 bits per heavy atom. The summed E-state index contributed by atoms with van der Waals surface area (Å²) in [5.41, 5.74) is 0.690. The molecule has 0 aromatic carbocycles. The van der Waals surface area contributed by atoms with E-state index in [0.717, 1.165) is 0 Å². The molecule has 0 bridgehead atoms. The van der Waals surface area contributed by atoms with Crippen LogP contribution in [0.5, 0.6) is 5.88 Å². The highest BCUT2D eigenvalue weighted by Gasteiger charge is 2.05. The first-order valence-electron chi connectivity index (χ1n) is 3.65. The Morgan fingerprint density at radius 3 is 2.42 bits per heavy atom. The summed E-state index contributed by atoms with van der Waals surface area (Å²) >= 11 is 0. The number of aryl methyl sites for hydroxylation is 1. The van der Waals surface area contributed by atoms with Gasteiger partial charge in [-0.2, -0.15) is 8.78 Å². The predicted molar refractivity (Wildman–Crippen MR) is 41.3 cm³/mol. The molecule has 0 saturated heterocycles. The van der Waals surface area contributed by atoms with Gasteiger partial charge in [0, 0.05) is 11.8 Å². The van der Waals surface area contributed by atoms with Gasteiger partial charge in [0.2, 0.25) is 5.88 Å². The standard InChI is InChI=1S/C5H6F2N2O.C2H6/c1-3-2-4(9-8-3)10-5(6)7;1-2/h2,5H,1H3,(H,8,9);1-2H3. The predicted octanol–water partition coefficient (Wildman–Crippen LogP) is 2.35. The van der Waals surface area contributed by atoms with Crippen molar-refractivity contribution >= 4 is 0 Å². The molecule has 5 heteroatoms. The highest BCUT2D eigenvalue weighted by Crippen LogP contribution is 2.09. The quantitative estimate of drug-likeness (QED) is 0.754. The van der Waals surface area contributed by atoms with Crippen molar-refractivity contribution in [3.8, 4) is 5.88 Å². The fraction of sp³-hybridized carbons (Fsp3) is 0.571. The lowest BCUT2D eigenvalue weighted by Gasteiger charge is -1.96. The van der Waals surface area contributed by atoms with Gasteiger partial charge < -0.3 is 4.74 Å². The van der Waals surface area contributed by atoms with Crippen LogP contribution in [0.15, 0.2) is 6.07 Å². The summed E-state index contributed by atoms with van der Waals surface area (Å²) in [6, 6.07) is 1.40. The van der Waals surface area contributed by atoms with Crippen LogP contribution in [0.2, 0.25) is 0 Å². The fourth-order valence-electron chi connectivity index (χ4n) is 0.545. The summed E-state index contributed by atoms with van der Waals surface area (Å²) in [5.74, 6) is -0.0764. The van der Waals surface area contributed by atoms with Crippen molar-refractivity contribution < 1.29 is 13.5 Å². The van der Waals surface area contributed by atoms with E-state index in [0.29, 0.717) is 5.69 Å². The molecule has 0 aliphatic heterocycles. The molecule has 70 valence electrons. The average Bonchev–Trinajstić information content (AvgIpc) is 2.39. The first kappa shape index (κ1) is 10.9. The molecule has 1 heterocycles. The number of hydrogen-bond acceptors (Lipinski definition) is 2. The van der Waals surface area contributed by atoms with Crippen molar-refractivity contribution in [3.05, 3.63) is 11.8 Å². The maximum atomic E-state index is 11.5. The lowest BCUT2D eigenvalue weighted by atomic mass is 10.5. The second kappa shape index (κ2) is 5.51. The van der Waals surface area contributed by atoms with Crippen LogP contribution in [-0.2, 0) is 0 Å². The Bertz CT molecular complexity index is 213. The molecule has 0 spiro atoms. The maximum Gasteiger partial charge on any atom is 0.388 e. The van der Waals surface area contributed by atoms with Gasteiger partial charge in [0.1, 0.15) is 0 Å². The Balaban J connectivity index is 0.000000561. The van der Waals surface area contributed by atoms with Crippen LogP contribution in [0.3, 0.4) is 0 Å². The van der Waals surface area contributed by atoms with Gasteiger partial charge in [-0.05, 0) is 6.92 Å². The average molecular weight is 178 g/mol. The smallest absolute Gasteiger partial charge is 0.388 e. The number of alkyl halides is 2. The lowest BCUT2D eigenvalue weighted by molar-refractivity contribution is -0.0528. The van der Waals surface area contributed by atoms with Crippen LogP contribution in [0.1, 0.15) is 19.5 Å². The Morgan fingerprint density at radius 2 is 2.08 bits per heavy atom. The van der Waals surface area contributed by atoms with Crippen molar-refractivity contribution in [1.82, 2.24) is 10.2 Å². The molecule has 0 aliphatic carbocycles. The molecule has 0 radical (unpaired) electrons. The highest BCUT2D eigenvalue weighted by molar-refractivity contribution is 5.11. The lowest BCUT2D eigenvalue weighted by Crippen LogP contribution is -2.01. The van der Waals surface area contributed by atoms with E-state index in [4.69, 9.17) is 0 Å². The number of aromatic amines is 1. The summed E-state index contributed by atoms with van der Waals surface area (Å²) in [6.07, 6.45) is 0. The first-order chi connectivity index (χ1) is 5.68. The Labute approximate surface area is 69.7 Å². The zero-order valence-corrected chi connectivity index (χ0v) is 7.27. The molecule has 0 saturated carbocycles. The Kier molecular flexibility index (Phi) is 4.99. The molecule has 1 aromatic heterocycles. The zero-order valence-electron chi connectivity index (χ0n) is 7.27. The van der Waals surface area contributed by atoms with Crippen LogP contribution in [0, 0.1) is 6.92 Å². The van der Waals surface area contributed by atoms with E-state index in [1.54, 1.807) is 6.92 Å². The summed E-state index contributed by atoms with van der Waals surface area (Å²) in [5, 5.41) is 5.89. The summed E-state index contributed by atoms with van der Waals surface area (Å²) in [7, 11) is 0. The number of halogens is 2. The SMILES string of the molecule is CC.Cc1cc(OC(F)F)n[nH]1. The molecule has 0 unspecified atom stereocenters. The van der Waals surface area contributed by atoms with Crippen LogP contribution in [0.4, 0.5) is 8.78 Å². The maximum absolute atomic E-state index is 11.5. The molecule has 0 atom stereocenters. The van der Waals surface area contributed by atoms with E-state index in [1.807, 2.05) is 13.8 Å². The van der Waals surface area contributed by atoms with Crippen molar-refractivity contribution in [2.45, 2.75) is 27.4 Å².